The third-order valence-corrected chi connectivity index (χ3v) is 4.12. The Morgan fingerprint density at radius 3 is 2.72 bits per heavy atom. The highest BCUT2D eigenvalue weighted by molar-refractivity contribution is 9.10. The molecule has 0 bridgehead atoms. The van der Waals surface area contributed by atoms with Crippen LogP contribution in [0.4, 0.5) is 0 Å². The van der Waals surface area contributed by atoms with Gasteiger partial charge in [-0.2, -0.15) is 0 Å². The van der Waals surface area contributed by atoms with Crippen LogP contribution < -0.4 is 5.32 Å². The number of benzene rings is 1. The van der Waals surface area contributed by atoms with E-state index in [2.05, 4.69) is 41.2 Å². The molecule has 1 aromatic rings. The van der Waals surface area contributed by atoms with Gasteiger partial charge in [0.05, 0.1) is 0 Å². The van der Waals surface area contributed by atoms with Crippen molar-refractivity contribution in [2.24, 2.45) is 0 Å². The van der Waals surface area contributed by atoms with Crippen LogP contribution in [0.1, 0.15) is 51.5 Å². The minimum atomic E-state index is 0.574. The molecule has 0 radical (unpaired) electrons. The Balaban J connectivity index is 2.27. The molecule has 3 heteroatoms. The molecule has 0 aromatic heterocycles. The van der Waals surface area contributed by atoms with Gasteiger partial charge in [-0.3, -0.25) is 0 Å². The van der Waals surface area contributed by atoms with E-state index in [1.165, 1.54) is 37.7 Å². The number of nitrogens with one attached hydrogen (secondary N) is 1. The largest absolute Gasteiger partial charge is 0.310 e. The van der Waals surface area contributed by atoms with Crippen molar-refractivity contribution in [2.75, 3.05) is 0 Å². The summed E-state index contributed by atoms with van der Waals surface area (Å²) in [7, 11) is 0. The number of unbranched alkanes of at least 4 members (excludes halogenated alkanes) is 3. The second-order valence-corrected chi connectivity index (χ2v) is 6.16. The smallest absolute Gasteiger partial charge is 0.0417 e. The summed E-state index contributed by atoms with van der Waals surface area (Å²) < 4.78 is 1.08. The Morgan fingerprint density at radius 2 is 2.06 bits per heavy atom. The minimum absolute atomic E-state index is 0.574. The van der Waals surface area contributed by atoms with E-state index in [-0.39, 0.29) is 0 Å². The molecule has 1 rings (SSSR count). The van der Waals surface area contributed by atoms with Crippen molar-refractivity contribution in [1.82, 2.24) is 5.32 Å². The Bertz CT molecular complexity index is 354. The van der Waals surface area contributed by atoms with E-state index in [0.717, 1.165) is 16.0 Å². The molecule has 102 valence electrons. The summed E-state index contributed by atoms with van der Waals surface area (Å²) in [6, 6.07) is 6.53. The van der Waals surface area contributed by atoms with E-state index in [9.17, 15) is 0 Å². The minimum Gasteiger partial charge on any atom is -0.310 e. The lowest BCUT2D eigenvalue weighted by Crippen LogP contribution is -2.25. The van der Waals surface area contributed by atoms with Crippen LogP contribution in [-0.4, -0.2) is 6.04 Å². The first-order valence-electron chi connectivity index (χ1n) is 6.80. The number of hydrogen-bond acceptors (Lipinski definition) is 1. The second-order valence-electron chi connectivity index (χ2n) is 4.87. The van der Waals surface area contributed by atoms with Gasteiger partial charge in [0, 0.05) is 22.1 Å². The fraction of sp³-hybridized carbons (Fsp3) is 0.600. The molecule has 0 aliphatic rings. The van der Waals surface area contributed by atoms with Gasteiger partial charge in [-0.05, 0) is 31.0 Å². The van der Waals surface area contributed by atoms with Crippen LogP contribution in [0.3, 0.4) is 0 Å². The number of rotatable bonds is 8. The topological polar surface area (TPSA) is 12.0 Å². The predicted octanol–water partition coefficient (Wildman–Crippen LogP) is 5.55. The molecule has 0 amide bonds. The Hall–Kier alpha value is -0.0500. The lowest BCUT2D eigenvalue weighted by Gasteiger charge is -2.14. The molecule has 1 N–H and O–H groups in total. The van der Waals surface area contributed by atoms with Crippen molar-refractivity contribution in [2.45, 2.75) is 58.5 Å². The first-order chi connectivity index (χ1) is 8.63. The monoisotopic (exact) mass is 331 g/mol. The zero-order chi connectivity index (χ0) is 13.4. The van der Waals surface area contributed by atoms with Gasteiger partial charge in [-0.1, -0.05) is 66.2 Å². The molecule has 0 fully saturated rings. The summed E-state index contributed by atoms with van der Waals surface area (Å²) in [6.07, 6.45) is 6.59. The van der Waals surface area contributed by atoms with E-state index in [4.69, 9.17) is 11.6 Å². The first kappa shape index (κ1) is 16.0. The molecular weight excluding hydrogens is 310 g/mol. The van der Waals surface area contributed by atoms with E-state index < -0.39 is 0 Å². The van der Waals surface area contributed by atoms with E-state index in [0.29, 0.717) is 6.04 Å². The van der Waals surface area contributed by atoms with Gasteiger partial charge in [0.2, 0.25) is 0 Å². The SMILES string of the molecule is CCCCCCC(C)NCc1ccc(Cl)cc1Br. The average Bonchev–Trinajstić information content (AvgIpc) is 2.33. The molecular formula is C15H23BrClN. The molecule has 1 aromatic carbocycles. The first-order valence-corrected chi connectivity index (χ1v) is 7.98. The summed E-state index contributed by atoms with van der Waals surface area (Å²) in [5.74, 6) is 0. The van der Waals surface area contributed by atoms with Gasteiger partial charge in [0.15, 0.2) is 0 Å². The van der Waals surface area contributed by atoms with Crippen molar-refractivity contribution in [3.63, 3.8) is 0 Å². The fourth-order valence-corrected chi connectivity index (χ4v) is 2.75. The van der Waals surface area contributed by atoms with Gasteiger partial charge >= 0.3 is 0 Å². The van der Waals surface area contributed by atoms with Crippen LogP contribution in [-0.2, 0) is 6.54 Å². The van der Waals surface area contributed by atoms with E-state index in [1.54, 1.807) is 0 Å². The van der Waals surface area contributed by atoms with Gasteiger partial charge in [-0.25, -0.2) is 0 Å². The van der Waals surface area contributed by atoms with Crippen LogP contribution in [0, 0.1) is 0 Å². The molecule has 1 unspecified atom stereocenters. The highest BCUT2D eigenvalue weighted by Crippen LogP contribution is 2.21. The normalized spacial score (nSPS) is 12.7. The number of halogens is 2. The summed E-state index contributed by atoms with van der Waals surface area (Å²) in [5, 5.41) is 4.34. The van der Waals surface area contributed by atoms with Crippen molar-refractivity contribution in [3.8, 4) is 0 Å². The summed E-state index contributed by atoms with van der Waals surface area (Å²) in [6.45, 7) is 5.40. The fourth-order valence-electron chi connectivity index (χ4n) is 1.93. The molecule has 1 nitrogen and oxygen atoms in total. The highest BCUT2D eigenvalue weighted by Gasteiger charge is 2.04. The zero-order valence-corrected chi connectivity index (χ0v) is 13.6. The van der Waals surface area contributed by atoms with Gasteiger partial charge in [0.1, 0.15) is 0 Å². The third-order valence-electron chi connectivity index (χ3n) is 3.15. The second kappa shape index (κ2) is 8.95. The van der Waals surface area contributed by atoms with Gasteiger partial charge in [-0.15, -0.1) is 0 Å². The molecule has 1 atom stereocenters. The summed E-state index contributed by atoms with van der Waals surface area (Å²) in [4.78, 5) is 0. The Kier molecular flexibility index (Phi) is 7.96. The van der Waals surface area contributed by atoms with Crippen molar-refractivity contribution >= 4 is 27.5 Å². The molecule has 0 spiro atoms. The van der Waals surface area contributed by atoms with Crippen molar-refractivity contribution in [3.05, 3.63) is 33.3 Å². The van der Waals surface area contributed by atoms with E-state index in [1.807, 2.05) is 12.1 Å². The van der Waals surface area contributed by atoms with Crippen LogP contribution >= 0.6 is 27.5 Å². The molecule has 0 saturated carbocycles. The Labute approximate surface area is 124 Å². The maximum atomic E-state index is 5.93. The quantitative estimate of drug-likeness (QED) is 0.615. The Morgan fingerprint density at radius 1 is 1.28 bits per heavy atom. The molecule has 0 aliphatic carbocycles. The average molecular weight is 333 g/mol. The number of hydrogen-bond donors (Lipinski definition) is 1. The van der Waals surface area contributed by atoms with Crippen LogP contribution in [0.15, 0.2) is 22.7 Å². The summed E-state index contributed by atoms with van der Waals surface area (Å²) >= 11 is 9.47. The van der Waals surface area contributed by atoms with Gasteiger partial charge < -0.3 is 5.32 Å². The third kappa shape index (κ3) is 6.21. The lowest BCUT2D eigenvalue weighted by atomic mass is 10.1. The molecule has 18 heavy (non-hydrogen) atoms. The standard InChI is InChI=1S/C15H23BrClN/c1-3-4-5-6-7-12(2)18-11-13-8-9-14(17)10-15(13)16/h8-10,12,18H,3-7,11H2,1-2H3. The van der Waals surface area contributed by atoms with Crippen molar-refractivity contribution < 1.29 is 0 Å². The summed E-state index contributed by atoms with van der Waals surface area (Å²) in [5.41, 5.74) is 1.26. The van der Waals surface area contributed by atoms with Crippen LogP contribution in [0.5, 0.6) is 0 Å². The van der Waals surface area contributed by atoms with Crippen molar-refractivity contribution in [1.29, 1.82) is 0 Å². The van der Waals surface area contributed by atoms with E-state index >= 15 is 0 Å². The van der Waals surface area contributed by atoms with Crippen LogP contribution in [0.2, 0.25) is 5.02 Å². The predicted molar refractivity (Wildman–Crippen MR) is 84.2 cm³/mol. The zero-order valence-electron chi connectivity index (χ0n) is 11.3. The maximum absolute atomic E-state index is 5.93. The van der Waals surface area contributed by atoms with Gasteiger partial charge in [0.25, 0.3) is 0 Å². The molecule has 0 aliphatic heterocycles. The van der Waals surface area contributed by atoms with Crippen LogP contribution in [0.25, 0.3) is 0 Å². The molecule has 0 saturated heterocycles. The lowest BCUT2D eigenvalue weighted by molar-refractivity contribution is 0.482. The maximum Gasteiger partial charge on any atom is 0.0417 e. The highest BCUT2D eigenvalue weighted by atomic mass is 79.9. The molecule has 0 heterocycles.